The van der Waals surface area contributed by atoms with Crippen LogP contribution in [-0.2, 0) is 0 Å². The average molecular weight is 389 g/mol. The highest BCUT2D eigenvalue weighted by Gasteiger charge is 2.13. The molecule has 1 aromatic heterocycles. The first-order valence-electron chi connectivity index (χ1n) is 7.81. The van der Waals surface area contributed by atoms with Gasteiger partial charge < -0.3 is 20.1 Å². The average Bonchev–Trinajstić information content (AvgIpc) is 3.05. The van der Waals surface area contributed by atoms with Gasteiger partial charge in [0.1, 0.15) is 17.5 Å². The summed E-state index contributed by atoms with van der Waals surface area (Å²) in [6, 6.07) is 12.7. The zero-order valence-electron chi connectivity index (χ0n) is 13.7. The first-order valence-corrected chi connectivity index (χ1v) is 8.57. The van der Waals surface area contributed by atoms with E-state index in [1.807, 2.05) is 31.2 Å². The minimum Gasteiger partial charge on any atom is -0.454 e. The number of halogens is 2. The van der Waals surface area contributed by atoms with E-state index in [4.69, 9.17) is 32.7 Å². The summed E-state index contributed by atoms with van der Waals surface area (Å²) in [5.74, 6) is 3.35. The van der Waals surface area contributed by atoms with Crippen molar-refractivity contribution in [1.29, 1.82) is 0 Å². The standard InChI is InChI=1S/C18H14Cl2N4O2/c1-10-21-17(23-11-2-4-13(19)14(20)6-11)8-18(22-10)24-12-3-5-15-16(7-12)26-9-25-15/h2-8H,9H2,1H3,(H2,21,22,23,24). The fourth-order valence-corrected chi connectivity index (χ4v) is 2.84. The quantitative estimate of drug-likeness (QED) is 0.631. The van der Waals surface area contributed by atoms with Gasteiger partial charge in [-0.1, -0.05) is 23.2 Å². The molecular weight excluding hydrogens is 375 g/mol. The first kappa shape index (κ1) is 16.8. The number of ether oxygens (including phenoxy) is 2. The molecule has 26 heavy (non-hydrogen) atoms. The number of nitrogens with one attached hydrogen (secondary N) is 2. The van der Waals surface area contributed by atoms with Gasteiger partial charge in [0.15, 0.2) is 11.5 Å². The van der Waals surface area contributed by atoms with Crippen molar-refractivity contribution in [3.63, 3.8) is 0 Å². The maximum absolute atomic E-state index is 6.06. The zero-order valence-corrected chi connectivity index (χ0v) is 15.2. The molecule has 1 aliphatic rings. The summed E-state index contributed by atoms with van der Waals surface area (Å²) in [5.41, 5.74) is 1.62. The van der Waals surface area contributed by atoms with Gasteiger partial charge in [-0.25, -0.2) is 9.97 Å². The number of anilines is 4. The van der Waals surface area contributed by atoms with Gasteiger partial charge in [-0.05, 0) is 37.3 Å². The second-order valence-corrected chi connectivity index (χ2v) is 6.45. The molecule has 0 bridgehead atoms. The third-order valence-electron chi connectivity index (χ3n) is 3.67. The number of aromatic nitrogens is 2. The van der Waals surface area contributed by atoms with Crippen LogP contribution in [0.2, 0.25) is 10.0 Å². The van der Waals surface area contributed by atoms with E-state index in [0.29, 0.717) is 33.3 Å². The van der Waals surface area contributed by atoms with Crippen molar-refractivity contribution in [3.05, 3.63) is 58.3 Å². The van der Waals surface area contributed by atoms with Crippen LogP contribution in [-0.4, -0.2) is 16.8 Å². The van der Waals surface area contributed by atoms with Crippen molar-refractivity contribution >= 4 is 46.2 Å². The van der Waals surface area contributed by atoms with Crippen LogP contribution in [0.4, 0.5) is 23.0 Å². The Balaban J connectivity index is 1.56. The summed E-state index contributed by atoms with van der Waals surface area (Å²) in [6.45, 7) is 2.06. The molecule has 0 unspecified atom stereocenters. The van der Waals surface area contributed by atoms with Gasteiger partial charge in [-0.2, -0.15) is 0 Å². The molecule has 0 atom stereocenters. The molecule has 8 heteroatoms. The lowest BCUT2D eigenvalue weighted by atomic mass is 10.2. The fraction of sp³-hybridized carbons (Fsp3) is 0.111. The lowest BCUT2D eigenvalue weighted by Gasteiger charge is -2.11. The van der Waals surface area contributed by atoms with Gasteiger partial charge in [0.2, 0.25) is 6.79 Å². The Morgan fingerprint density at radius 3 is 2.19 bits per heavy atom. The topological polar surface area (TPSA) is 68.3 Å². The third kappa shape index (κ3) is 3.61. The van der Waals surface area contributed by atoms with Crippen LogP contribution in [0, 0.1) is 6.92 Å². The van der Waals surface area contributed by atoms with E-state index in [2.05, 4.69) is 20.6 Å². The summed E-state index contributed by atoms with van der Waals surface area (Å²) in [5, 5.41) is 7.42. The molecule has 2 heterocycles. The predicted molar refractivity (Wildman–Crippen MR) is 102 cm³/mol. The molecule has 132 valence electrons. The highest BCUT2D eigenvalue weighted by atomic mass is 35.5. The van der Waals surface area contributed by atoms with Crippen LogP contribution in [0.1, 0.15) is 5.82 Å². The van der Waals surface area contributed by atoms with Crippen LogP contribution >= 0.6 is 23.2 Å². The Kier molecular flexibility index (Phi) is 4.44. The van der Waals surface area contributed by atoms with Gasteiger partial charge in [-0.3, -0.25) is 0 Å². The van der Waals surface area contributed by atoms with Crippen molar-refractivity contribution in [1.82, 2.24) is 9.97 Å². The maximum atomic E-state index is 6.06. The van der Waals surface area contributed by atoms with E-state index in [1.165, 1.54) is 0 Å². The molecule has 2 N–H and O–H groups in total. The van der Waals surface area contributed by atoms with Crippen molar-refractivity contribution in [2.24, 2.45) is 0 Å². The zero-order chi connectivity index (χ0) is 18.1. The van der Waals surface area contributed by atoms with Crippen LogP contribution in [0.5, 0.6) is 11.5 Å². The summed E-state index contributed by atoms with van der Waals surface area (Å²) < 4.78 is 10.7. The van der Waals surface area contributed by atoms with Crippen molar-refractivity contribution in [2.45, 2.75) is 6.92 Å². The highest BCUT2D eigenvalue weighted by Crippen LogP contribution is 2.35. The number of rotatable bonds is 4. The number of hydrogen-bond donors (Lipinski definition) is 2. The van der Waals surface area contributed by atoms with E-state index < -0.39 is 0 Å². The Bertz CT molecular complexity index is 981. The fourth-order valence-electron chi connectivity index (χ4n) is 2.54. The van der Waals surface area contributed by atoms with Gasteiger partial charge in [-0.15, -0.1) is 0 Å². The van der Waals surface area contributed by atoms with E-state index in [0.717, 1.165) is 17.1 Å². The molecule has 1 aliphatic heterocycles. The van der Waals surface area contributed by atoms with E-state index in [1.54, 1.807) is 18.2 Å². The van der Waals surface area contributed by atoms with E-state index in [-0.39, 0.29) is 6.79 Å². The van der Waals surface area contributed by atoms with Crippen molar-refractivity contribution in [3.8, 4) is 11.5 Å². The summed E-state index contributed by atoms with van der Waals surface area (Å²) in [6.07, 6.45) is 0. The molecule has 0 saturated carbocycles. The highest BCUT2D eigenvalue weighted by molar-refractivity contribution is 6.42. The van der Waals surface area contributed by atoms with Crippen LogP contribution < -0.4 is 20.1 Å². The van der Waals surface area contributed by atoms with Crippen molar-refractivity contribution in [2.75, 3.05) is 17.4 Å². The number of nitrogens with zero attached hydrogens (tertiary/aromatic N) is 2. The minimum absolute atomic E-state index is 0.239. The smallest absolute Gasteiger partial charge is 0.231 e. The molecule has 0 spiro atoms. The second kappa shape index (κ2) is 6.90. The maximum Gasteiger partial charge on any atom is 0.231 e. The second-order valence-electron chi connectivity index (χ2n) is 5.63. The minimum atomic E-state index is 0.239. The molecule has 4 rings (SSSR count). The summed E-state index contributed by atoms with van der Waals surface area (Å²) in [4.78, 5) is 8.81. The van der Waals surface area contributed by atoms with Gasteiger partial charge in [0.05, 0.1) is 10.0 Å². The van der Waals surface area contributed by atoms with Crippen LogP contribution in [0.15, 0.2) is 42.5 Å². The van der Waals surface area contributed by atoms with Crippen molar-refractivity contribution < 1.29 is 9.47 Å². The Morgan fingerprint density at radius 2 is 1.46 bits per heavy atom. The molecule has 3 aromatic rings. The van der Waals surface area contributed by atoms with Gasteiger partial charge >= 0.3 is 0 Å². The first-order chi connectivity index (χ1) is 12.6. The lowest BCUT2D eigenvalue weighted by molar-refractivity contribution is 0.174. The number of fused-ring (bicyclic) bond motifs is 1. The normalized spacial score (nSPS) is 12.1. The third-order valence-corrected chi connectivity index (χ3v) is 4.41. The van der Waals surface area contributed by atoms with Crippen LogP contribution in [0.25, 0.3) is 0 Å². The Labute approximate surface area is 160 Å². The lowest BCUT2D eigenvalue weighted by Crippen LogP contribution is -2.01. The molecular formula is C18H14Cl2N4O2. The molecule has 0 amide bonds. The molecule has 0 fully saturated rings. The molecule has 2 aromatic carbocycles. The number of hydrogen-bond acceptors (Lipinski definition) is 6. The van der Waals surface area contributed by atoms with Crippen LogP contribution in [0.3, 0.4) is 0 Å². The molecule has 0 saturated heterocycles. The molecule has 0 aliphatic carbocycles. The Morgan fingerprint density at radius 1 is 0.808 bits per heavy atom. The largest absolute Gasteiger partial charge is 0.454 e. The summed E-state index contributed by atoms with van der Waals surface area (Å²) in [7, 11) is 0. The van der Waals surface area contributed by atoms with E-state index >= 15 is 0 Å². The van der Waals surface area contributed by atoms with E-state index in [9.17, 15) is 0 Å². The molecule has 6 nitrogen and oxygen atoms in total. The number of benzene rings is 2. The SMILES string of the molecule is Cc1nc(Nc2ccc(Cl)c(Cl)c2)cc(Nc2ccc3c(c2)OCO3)n1. The number of aryl methyl sites for hydroxylation is 1. The predicted octanol–water partition coefficient (Wildman–Crippen LogP) is 5.31. The Hall–Kier alpha value is -2.70. The summed E-state index contributed by atoms with van der Waals surface area (Å²) >= 11 is 12.0. The van der Waals surface area contributed by atoms with Gasteiger partial charge in [0.25, 0.3) is 0 Å². The monoisotopic (exact) mass is 388 g/mol. The molecule has 0 radical (unpaired) electrons. The van der Waals surface area contributed by atoms with Gasteiger partial charge in [0, 0.05) is 23.5 Å².